The molecule has 58 heavy (non-hydrogen) atoms. The molecule has 0 saturated carbocycles. The summed E-state index contributed by atoms with van der Waals surface area (Å²) < 4.78 is 0. The molecule has 17 heteroatoms. The van der Waals surface area contributed by atoms with Crippen molar-refractivity contribution >= 4 is 47.3 Å². The Kier molecular flexibility index (Phi) is 21.7. The van der Waals surface area contributed by atoms with Gasteiger partial charge in [-0.15, -0.1) is 0 Å². The van der Waals surface area contributed by atoms with Crippen molar-refractivity contribution in [2.75, 3.05) is 0 Å². The normalized spacial score (nSPS) is 16.0. The summed E-state index contributed by atoms with van der Waals surface area (Å²) >= 11 is 0. The smallest absolute Gasteiger partial charge is 0.325 e. The SMILES string of the molecule is CC[C@H](C)[C@H](NC(=O)[C@H](CC(C)C)NC(=O)[C@@H](NC(=O)[C@H](CC(C)C)NC(=O)[C@H](C)N)C(C)C)C(=O)N[C@@H](C)C(=O)N[C@@H](Cc1ccccc1)C(=O)N[C@@H](C)C(=O)O. The number of carboxylic acids is 1. The standard InChI is InChI=1S/C41H68N8O9/c1-12-24(8)33(40(56)43-26(10)35(51)46-31(20-28-16-14-13-15-17-28)36(52)44-27(11)41(57)58)49-38(54)30(19-22(4)5)47-39(55)32(23(6)7)48-37(53)29(18-21(2)3)45-34(50)25(9)42/h13-17,21-27,29-33H,12,18-20,42H2,1-11H3,(H,43,56)(H,44,52)(H,45,50)(H,46,51)(H,47,55)(H,48,53)(H,49,54)(H,57,58)/t24-,25-,26-,27-,29-,30-,31-,32-,33-/m0/s1. The number of carbonyl (C=O) groups is 8. The summed E-state index contributed by atoms with van der Waals surface area (Å²) in [5.74, 6) is -6.64. The first-order chi connectivity index (χ1) is 27.0. The van der Waals surface area contributed by atoms with Crippen LogP contribution in [0.3, 0.4) is 0 Å². The van der Waals surface area contributed by atoms with Gasteiger partial charge in [0, 0.05) is 6.42 Å². The van der Waals surface area contributed by atoms with Gasteiger partial charge in [-0.1, -0.05) is 92.1 Å². The van der Waals surface area contributed by atoms with Crippen LogP contribution >= 0.6 is 0 Å². The van der Waals surface area contributed by atoms with Crippen molar-refractivity contribution in [2.24, 2.45) is 29.4 Å². The second-order valence-electron chi connectivity index (χ2n) is 16.3. The van der Waals surface area contributed by atoms with Gasteiger partial charge in [0.1, 0.15) is 42.3 Å². The molecule has 7 amide bonds. The van der Waals surface area contributed by atoms with Gasteiger partial charge >= 0.3 is 5.97 Å². The van der Waals surface area contributed by atoms with Crippen molar-refractivity contribution in [3.05, 3.63) is 35.9 Å². The monoisotopic (exact) mass is 817 g/mol. The van der Waals surface area contributed by atoms with Crippen LogP contribution in [0.2, 0.25) is 0 Å². The molecule has 1 rings (SSSR count). The molecule has 10 N–H and O–H groups in total. The second-order valence-corrected chi connectivity index (χ2v) is 16.3. The summed E-state index contributed by atoms with van der Waals surface area (Å²) in [6.45, 7) is 18.7. The molecular formula is C41H68N8O9. The molecule has 0 fully saturated rings. The summed E-state index contributed by atoms with van der Waals surface area (Å²) in [5, 5.41) is 27.8. The zero-order chi connectivity index (χ0) is 44.4. The maximum Gasteiger partial charge on any atom is 0.325 e. The highest BCUT2D eigenvalue weighted by atomic mass is 16.4. The van der Waals surface area contributed by atoms with Crippen molar-refractivity contribution in [1.82, 2.24) is 37.2 Å². The van der Waals surface area contributed by atoms with E-state index in [0.29, 0.717) is 18.4 Å². The van der Waals surface area contributed by atoms with Gasteiger partial charge in [0.05, 0.1) is 6.04 Å². The molecule has 0 saturated heterocycles. The van der Waals surface area contributed by atoms with E-state index in [2.05, 4.69) is 37.2 Å². The van der Waals surface area contributed by atoms with Crippen molar-refractivity contribution < 1.29 is 43.5 Å². The molecule has 0 heterocycles. The molecule has 0 bridgehead atoms. The number of amides is 7. The molecular weight excluding hydrogens is 748 g/mol. The maximum atomic E-state index is 13.9. The molecule has 9 atom stereocenters. The lowest BCUT2D eigenvalue weighted by atomic mass is 9.96. The van der Waals surface area contributed by atoms with E-state index in [1.807, 2.05) is 34.6 Å². The number of benzene rings is 1. The van der Waals surface area contributed by atoms with Crippen LogP contribution in [-0.4, -0.2) is 101 Å². The van der Waals surface area contributed by atoms with Crippen LogP contribution in [0.25, 0.3) is 0 Å². The Labute approximate surface area is 342 Å². The minimum atomic E-state index is -1.26. The van der Waals surface area contributed by atoms with E-state index in [4.69, 9.17) is 5.73 Å². The molecule has 0 unspecified atom stereocenters. The van der Waals surface area contributed by atoms with E-state index >= 15 is 0 Å². The molecule has 0 spiro atoms. The van der Waals surface area contributed by atoms with Crippen LogP contribution in [0, 0.1) is 23.7 Å². The fourth-order valence-corrected chi connectivity index (χ4v) is 5.82. The van der Waals surface area contributed by atoms with E-state index in [-0.39, 0.29) is 24.7 Å². The molecule has 1 aromatic rings. The van der Waals surface area contributed by atoms with E-state index in [0.717, 1.165) is 0 Å². The van der Waals surface area contributed by atoms with Crippen molar-refractivity contribution in [3.8, 4) is 0 Å². The first-order valence-electron chi connectivity index (χ1n) is 20.1. The number of hydrogen-bond donors (Lipinski definition) is 9. The Balaban J connectivity index is 3.22. The lowest BCUT2D eigenvalue weighted by molar-refractivity contribution is -0.141. The molecule has 0 aliphatic heterocycles. The third-order valence-corrected chi connectivity index (χ3v) is 9.53. The predicted octanol–water partition coefficient (Wildman–Crippen LogP) is 0.889. The number of carboxylic acid groups (broad SMARTS) is 1. The first kappa shape index (κ1) is 51.0. The average molecular weight is 817 g/mol. The largest absolute Gasteiger partial charge is 0.480 e. The summed E-state index contributed by atoms with van der Waals surface area (Å²) in [7, 11) is 0. The van der Waals surface area contributed by atoms with E-state index < -0.39 is 107 Å². The Hall–Kier alpha value is -5.06. The number of rotatable bonds is 24. The Morgan fingerprint density at radius 3 is 1.41 bits per heavy atom. The molecule has 326 valence electrons. The van der Waals surface area contributed by atoms with Crippen molar-refractivity contribution in [3.63, 3.8) is 0 Å². The number of nitrogens with two attached hydrogens (primary N) is 1. The lowest BCUT2D eigenvalue weighted by Crippen LogP contribution is -2.61. The number of nitrogens with one attached hydrogen (secondary N) is 7. The fourth-order valence-electron chi connectivity index (χ4n) is 5.82. The highest BCUT2D eigenvalue weighted by Gasteiger charge is 2.35. The summed E-state index contributed by atoms with van der Waals surface area (Å²) in [5.41, 5.74) is 6.41. The minimum Gasteiger partial charge on any atom is -0.480 e. The predicted molar refractivity (Wildman–Crippen MR) is 219 cm³/mol. The fraction of sp³-hybridized carbons (Fsp3) is 0.659. The average Bonchev–Trinajstić information content (AvgIpc) is 3.13. The second kappa shape index (κ2) is 24.7. The van der Waals surface area contributed by atoms with Crippen LogP contribution < -0.4 is 43.0 Å². The van der Waals surface area contributed by atoms with Gasteiger partial charge < -0.3 is 48.1 Å². The Morgan fingerprint density at radius 2 is 0.966 bits per heavy atom. The molecule has 0 aliphatic rings. The molecule has 0 aromatic heterocycles. The van der Waals surface area contributed by atoms with E-state index in [1.165, 1.54) is 20.8 Å². The van der Waals surface area contributed by atoms with Crippen LogP contribution in [0.5, 0.6) is 0 Å². The molecule has 17 nitrogen and oxygen atoms in total. The molecule has 0 aliphatic carbocycles. The van der Waals surface area contributed by atoms with Crippen LogP contribution in [0.15, 0.2) is 30.3 Å². The van der Waals surface area contributed by atoms with Crippen LogP contribution in [-0.2, 0) is 44.8 Å². The van der Waals surface area contributed by atoms with Gasteiger partial charge in [0.25, 0.3) is 0 Å². The van der Waals surface area contributed by atoms with Gasteiger partial charge in [-0.3, -0.25) is 38.4 Å². The summed E-state index contributed by atoms with van der Waals surface area (Å²) in [6.07, 6.45) is 0.990. The van der Waals surface area contributed by atoms with Gasteiger partial charge in [0.15, 0.2) is 0 Å². The summed E-state index contributed by atoms with van der Waals surface area (Å²) in [4.78, 5) is 105. The highest BCUT2D eigenvalue weighted by Crippen LogP contribution is 2.14. The zero-order valence-electron chi connectivity index (χ0n) is 35.9. The van der Waals surface area contributed by atoms with Crippen molar-refractivity contribution in [1.29, 1.82) is 0 Å². The topological polar surface area (TPSA) is 267 Å². The van der Waals surface area contributed by atoms with E-state index in [9.17, 15) is 43.5 Å². The summed E-state index contributed by atoms with van der Waals surface area (Å²) in [6, 6.07) is 0.101. The molecule has 0 radical (unpaired) electrons. The zero-order valence-corrected chi connectivity index (χ0v) is 35.9. The number of hydrogen-bond acceptors (Lipinski definition) is 9. The van der Waals surface area contributed by atoms with Gasteiger partial charge in [-0.2, -0.15) is 0 Å². The first-order valence-corrected chi connectivity index (χ1v) is 20.1. The third-order valence-electron chi connectivity index (χ3n) is 9.53. The highest BCUT2D eigenvalue weighted by molar-refractivity contribution is 5.97. The van der Waals surface area contributed by atoms with Crippen molar-refractivity contribution in [2.45, 2.75) is 150 Å². The Morgan fingerprint density at radius 1 is 0.534 bits per heavy atom. The number of carbonyl (C=O) groups excluding carboxylic acids is 7. The van der Waals surface area contributed by atoms with Gasteiger partial charge in [-0.05, 0) is 62.8 Å². The third kappa shape index (κ3) is 17.6. The maximum absolute atomic E-state index is 13.9. The lowest BCUT2D eigenvalue weighted by Gasteiger charge is -2.30. The Bertz CT molecular complexity index is 1550. The molecule has 1 aromatic carbocycles. The van der Waals surface area contributed by atoms with Crippen LogP contribution in [0.4, 0.5) is 0 Å². The van der Waals surface area contributed by atoms with Gasteiger partial charge in [0.2, 0.25) is 41.4 Å². The quantitative estimate of drug-likeness (QED) is 0.0711. The van der Waals surface area contributed by atoms with E-state index in [1.54, 1.807) is 51.1 Å². The minimum absolute atomic E-state index is 0.0278. The van der Waals surface area contributed by atoms with Crippen LogP contribution in [0.1, 0.15) is 101 Å². The van der Waals surface area contributed by atoms with Gasteiger partial charge in [-0.25, -0.2) is 0 Å². The number of aliphatic carboxylic acids is 1.